The third kappa shape index (κ3) is 4.98. The molecule has 2 heterocycles. The number of nitrogens with one attached hydrogen (secondary N) is 1. The summed E-state index contributed by atoms with van der Waals surface area (Å²) in [5.41, 5.74) is 7.48. The molecule has 0 aliphatic rings. The van der Waals surface area contributed by atoms with E-state index in [2.05, 4.69) is 15.0 Å². The van der Waals surface area contributed by atoms with Crippen LogP contribution in [0.15, 0.2) is 35.1 Å². The van der Waals surface area contributed by atoms with Gasteiger partial charge in [-0.3, -0.25) is 9.78 Å². The third-order valence-electron chi connectivity index (χ3n) is 3.93. The molecule has 0 fully saturated rings. The van der Waals surface area contributed by atoms with Crippen molar-refractivity contribution in [2.75, 3.05) is 30.8 Å². The van der Waals surface area contributed by atoms with E-state index >= 15 is 0 Å². The minimum absolute atomic E-state index is 0.0611. The van der Waals surface area contributed by atoms with E-state index in [1.54, 1.807) is 0 Å². The highest BCUT2D eigenvalue weighted by Gasteiger charge is 2.08. The number of likely N-dealkylation sites (N-methyl/N-ethyl adjacent to an activating group) is 1. The third-order valence-corrected chi connectivity index (χ3v) is 4.80. The topological polar surface area (TPSA) is 117 Å². The maximum atomic E-state index is 11.2. The number of anilines is 2. The number of nitrogens with zero attached hydrogens (tertiary/aromatic N) is 3. The molecule has 142 valence electrons. The molecule has 0 aliphatic heterocycles. The number of nitrogen functional groups attached to an aromatic ring is 1. The molecule has 9 heteroatoms. The Morgan fingerprint density at radius 2 is 2.04 bits per heavy atom. The molecule has 8 nitrogen and oxygen atoms in total. The summed E-state index contributed by atoms with van der Waals surface area (Å²) < 4.78 is 5.77. The van der Waals surface area contributed by atoms with Gasteiger partial charge in [0.05, 0.1) is 11.4 Å². The second kappa shape index (κ2) is 8.09. The summed E-state index contributed by atoms with van der Waals surface area (Å²) in [4.78, 5) is 24.2. The number of hydrogen-bond acceptors (Lipinski definition) is 8. The molecule has 0 unspecified atom stereocenters. The van der Waals surface area contributed by atoms with Crippen LogP contribution in [0.1, 0.15) is 16.1 Å². The molecule has 27 heavy (non-hydrogen) atoms. The van der Waals surface area contributed by atoms with Gasteiger partial charge in [0.2, 0.25) is 11.8 Å². The van der Waals surface area contributed by atoms with E-state index in [9.17, 15) is 9.90 Å². The van der Waals surface area contributed by atoms with Gasteiger partial charge < -0.3 is 20.5 Å². The van der Waals surface area contributed by atoms with Gasteiger partial charge in [-0.15, -0.1) is 0 Å². The van der Waals surface area contributed by atoms with Crippen molar-refractivity contribution in [3.63, 3.8) is 0 Å². The number of aryl methyl sites for hydroxylation is 1. The van der Waals surface area contributed by atoms with E-state index in [1.807, 2.05) is 49.2 Å². The first kappa shape index (κ1) is 18.7. The minimum atomic E-state index is -0.257. The SMILES string of the molecule is Cc1cc(N(C)CCOc2ccc(Cc3sc(=O)[nH]c3O)cc2)nc(N)n1. The number of aromatic hydroxyl groups is 1. The van der Waals surface area contributed by atoms with Gasteiger partial charge >= 0.3 is 4.87 Å². The normalized spacial score (nSPS) is 10.7. The van der Waals surface area contributed by atoms with Crippen LogP contribution in [-0.4, -0.2) is 40.3 Å². The van der Waals surface area contributed by atoms with Crippen LogP contribution in [0.3, 0.4) is 0 Å². The van der Waals surface area contributed by atoms with Crippen molar-refractivity contribution >= 4 is 23.1 Å². The van der Waals surface area contributed by atoms with Crippen molar-refractivity contribution in [1.29, 1.82) is 0 Å². The van der Waals surface area contributed by atoms with Crippen molar-refractivity contribution in [2.45, 2.75) is 13.3 Å². The summed E-state index contributed by atoms with van der Waals surface area (Å²) in [7, 11) is 1.92. The highest BCUT2D eigenvalue weighted by molar-refractivity contribution is 7.09. The molecule has 0 atom stereocenters. The van der Waals surface area contributed by atoms with Crippen LogP contribution in [0.25, 0.3) is 0 Å². The fourth-order valence-electron chi connectivity index (χ4n) is 2.55. The summed E-state index contributed by atoms with van der Waals surface area (Å²) in [6.07, 6.45) is 0.493. The monoisotopic (exact) mass is 387 g/mol. The Kier molecular flexibility index (Phi) is 5.60. The second-order valence-corrected chi connectivity index (χ2v) is 7.17. The number of hydrogen-bond donors (Lipinski definition) is 3. The molecule has 0 radical (unpaired) electrons. The summed E-state index contributed by atoms with van der Waals surface area (Å²) >= 11 is 1.01. The van der Waals surface area contributed by atoms with Crippen molar-refractivity contribution in [2.24, 2.45) is 0 Å². The van der Waals surface area contributed by atoms with Crippen LogP contribution in [-0.2, 0) is 6.42 Å². The van der Waals surface area contributed by atoms with Gasteiger partial charge in [-0.05, 0) is 24.6 Å². The number of benzene rings is 1. The Hall–Kier alpha value is -3.07. The molecule has 0 spiro atoms. The fourth-order valence-corrected chi connectivity index (χ4v) is 3.30. The lowest BCUT2D eigenvalue weighted by molar-refractivity contribution is 0.325. The van der Waals surface area contributed by atoms with E-state index in [0.717, 1.165) is 34.2 Å². The Balaban J connectivity index is 1.52. The molecule has 0 bridgehead atoms. The molecule has 1 aromatic carbocycles. The average Bonchev–Trinajstić information content (AvgIpc) is 2.92. The molecule has 0 saturated heterocycles. The van der Waals surface area contributed by atoms with E-state index in [1.165, 1.54) is 0 Å². The van der Waals surface area contributed by atoms with Gasteiger partial charge in [0.1, 0.15) is 18.2 Å². The first-order chi connectivity index (χ1) is 12.9. The number of rotatable bonds is 7. The molecular formula is C18H21N5O3S. The van der Waals surface area contributed by atoms with E-state index in [-0.39, 0.29) is 16.7 Å². The van der Waals surface area contributed by atoms with Crippen LogP contribution in [0.4, 0.5) is 11.8 Å². The molecule has 0 amide bonds. The van der Waals surface area contributed by atoms with Crippen molar-refractivity contribution in [3.05, 3.63) is 56.1 Å². The van der Waals surface area contributed by atoms with E-state index in [0.29, 0.717) is 24.4 Å². The largest absolute Gasteiger partial charge is 0.494 e. The standard InChI is InChI=1S/C18H21N5O3S/c1-11-9-15(21-17(19)20-11)23(2)7-8-26-13-5-3-12(4-6-13)10-14-16(24)22-18(25)27-14/h3-6,9,24H,7-8,10H2,1-2H3,(H,22,25)(H2,19,20,21). The van der Waals surface area contributed by atoms with E-state index in [4.69, 9.17) is 10.5 Å². The molecule has 2 aromatic heterocycles. The lowest BCUT2D eigenvalue weighted by Crippen LogP contribution is -2.25. The first-order valence-electron chi connectivity index (χ1n) is 8.35. The zero-order valence-electron chi connectivity index (χ0n) is 15.1. The smallest absolute Gasteiger partial charge is 0.307 e. The Labute approximate surface area is 160 Å². The number of aromatic amines is 1. The Morgan fingerprint density at radius 1 is 1.30 bits per heavy atom. The highest BCUT2D eigenvalue weighted by atomic mass is 32.1. The van der Waals surface area contributed by atoms with Crippen LogP contribution in [0.2, 0.25) is 0 Å². The number of thiazole rings is 1. The fraction of sp³-hybridized carbons (Fsp3) is 0.278. The maximum Gasteiger partial charge on any atom is 0.307 e. The summed E-state index contributed by atoms with van der Waals surface area (Å²) in [6, 6.07) is 9.44. The van der Waals surface area contributed by atoms with E-state index < -0.39 is 0 Å². The zero-order valence-corrected chi connectivity index (χ0v) is 15.9. The molecule has 0 saturated carbocycles. The highest BCUT2D eigenvalue weighted by Crippen LogP contribution is 2.21. The van der Waals surface area contributed by atoms with Gasteiger partial charge in [0.15, 0.2) is 0 Å². The van der Waals surface area contributed by atoms with Crippen molar-refractivity contribution in [1.82, 2.24) is 15.0 Å². The number of nitrogens with two attached hydrogens (primary N) is 1. The van der Waals surface area contributed by atoms with Crippen molar-refractivity contribution < 1.29 is 9.84 Å². The average molecular weight is 387 g/mol. The Bertz CT molecular complexity index is 948. The summed E-state index contributed by atoms with van der Waals surface area (Å²) in [5, 5.41) is 9.65. The summed E-state index contributed by atoms with van der Waals surface area (Å²) in [5.74, 6) is 1.70. The minimum Gasteiger partial charge on any atom is -0.494 e. The Morgan fingerprint density at radius 3 is 2.67 bits per heavy atom. The lowest BCUT2D eigenvalue weighted by Gasteiger charge is -2.19. The maximum absolute atomic E-state index is 11.2. The van der Waals surface area contributed by atoms with Gasteiger partial charge in [0.25, 0.3) is 0 Å². The second-order valence-electron chi connectivity index (χ2n) is 6.10. The molecule has 4 N–H and O–H groups in total. The number of H-pyrrole nitrogens is 1. The molecule has 0 aliphatic carbocycles. The quantitative estimate of drug-likeness (QED) is 0.567. The first-order valence-corrected chi connectivity index (χ1v) is 9.17. The number of aromatic nitrogens is 3. The molecule has 3 aromatic rings. The van der Waals surface area contributed by atoms with Crippen molar-refractivity contribution in [3.8, 4) is 11.6 Å². The van der Waals surface area contributed by atoms with Crippen LogP contribution < -0.4 is 20.2 Å². The lowest BCUT2D eigenvalue weighted by atomic mass is 10.1. The van der Waals surface area contributed by atoms with Gasteiger partial charge in [-0.1, -0.05) is 23.5 Å². The molecular weight excluding hydrogens is 366 g/mol. The van der Waals surface area contributed by atoms with Crippen LogP contribution in [0, 0.1) is 6.92 Å². The predicted molar refractivity (Wildman–Crippen MR) is 106 cm³/mol. The van der Waals surface area contributed by atoms with Gasteiger partial charge in [-0.2, -0.15) is 4.98 Å². The number of ether oxygens (including phenoxy) is 1. The van der Waals surface area contributed by atoms with Gasteiger partial charge in [0, 0.05) is 25.2 Å². The zero-order chi connectivity index (χ0) is 19.4. The molecule has 3 rings (SSSR count). The van der Waals surface area contributed by atoms with Crippen LogP contribution >= 0.6 is 11.3 Å². The van der Waals surface area contributed by atoms with Gasteiger partial charge in [-0.25, -0.2) is 4.98 Å². The summed E-state index contributed by atoms with van der Waals surface area (Å²) in [6.45, 7) is 3.00. The van der Waals surface area contributed by atoms with Crippen LogP contribution in [0.5, 0.6) is 11.6 Å². The predicted octanol–water partition coefficient (Wildman–Crippen LogP) is 1.93.